The Morgan fingerprint density at radius 2 is 1.58 bits per heavy atom. The van der Waals surface area contributed by atoms with E-state index in [1.165, 1.54) is 0 Å². The van der Waals surface area contributed by atoms with Crippen LogP contribution in [0.15, 0.2) is 65.6 Å². The van der Waals surface area contributed by atoms with Gasteiger partial charge in [-0.2, -0.15) is 8.42 Å². The van der Waals surface area contributed by atoms with Crippen molar-refractivity contribution in [3.8, 4) is 0 Å². The molecule has 4 nitrogen and oxygen atoms in total. The molecule has 3 rings (SSSR count). The quantitative estimate of drug-likeness (QED) is 0.798. The van der Waals surface area contributed by atoms with Crippen LogP contribution in [0.4, 0.5) is 0 Å². The summed E-state index contributed by atoms with van der Waals surface area (Å²) in [7, 11) is -1.77. The first-order valence-electron chi connectivity index (χ1n) is 8.22. The Kier molecular flexibility index (Phi) is 5.04. The molecule has 0 spiro atoms. The molecule has 3 unspecified atom stereocenters. The Bertz CT molecular complexity index is 762. The van der Waals surface area contributed by atoms with E-state index in [0.29, 0.717) is 0 Å². The minimum Gasteiger partial charge on any atom is -0.301 e. The Balaban J connectivity index is 1.92. The van der Waals surface area contributed by atoms with Crippen LogP contribution in [0.5, 0.6) is 0 Å². The molecule has 1 heterocycles. The topological polar surface area (TPSA) is 46.6 Å². The van der Waals surface area contributed by atoms with E-state index in [1.54, 1.807) is 30.3 Å². The van der Waals surface area contributed by atoms with Crippen molar-refractivity contribution in [2.45, 2.75) is 36.3 Å². The van der Waals surface area contributed by atoms with Crippen LogP contribution in [-0.4, -0.2) is 39.1 Å². The van der Waals surface area contributed by atoms with Gasteiger partial charge in [0, 0.05) is 12.0 Å². The van der Waals surface area contributed by atoms with Crippen molar-refractivity contribution < 1.29 is 12.6 Å². The van der Waals surface area contributed by atoms with Crippen molar-refractivity contribution >= 4 is 10.1 Å². The first-order chi connectivity index (χ1) is 11.5. The number of nitrogens with zero attached hydrogens (tertiary/aromatic N) is 1. The lowest BCUT2D eigenvalue weighted by molar-refractivity contribution is 0.0381. The molecular weight excluding hydrogens is 322 g/mol. The maximum Gasteiger partial charge on any atom is 0.297 e. The van der Waals surface area contributed by atoms with Crippen molar-refractivity contribution in [2.75, 3.05) is 13.6 Å². The Morgan fingerprint density at radius 1 is 1.00 bits per heavy atom. The fourth-order valence-electron chi connectivity index (χ4n) is 3.29. The second kappa shape index (κ2) is 7.05. The van der Waals surface area contributed by atoms with E-state index < -0.39 is 16.2 Å². The number of benzene rings is 2. The lowest BCUT2D eigenvalue weighted by atomic mass is 9.83. The second-order valence-corrected chi connectivity index (χ2v) is 7.93. The van der Waals surface area contributed by atoms with Gasteiger partial charge in [-0.05, 0) is 44.6 Å². The fraction of sp³-hybridized carbons (Fsp3) is 0.368. The molecule has 0 N–H and O–H groups in total. The standard InChI is InChI=1S/C19H23NO3S/c1-15-19(23-24(21,22)17-11-7-4-8-12-17)18(13-14-20(15)2)16-9-5-3-6-10-16/h3-12,15,18-19H,13-14H2,1-2H3. The van der Waals surface area contributed by atoms with Crippen LogP contribution in [0.2, 0.25) is 0 Å². The molecule has 2 aromatic carbocycles. The molecule has 0 radical (unpaired) electrons. The van der Waals surface area contributed by atoms with Crippen molar-refractivity contribution in [1.29, 1.82) is 0 Å². The number of hydrogen-bond donors (Lipinski definition) is 0. The van der Waals surface area contributed by atoms with E-state index in [1.807, 2.05) is 44.3 Å². The third kappa shape index (κ3) is 3.53. The molecule has 1 aliphatic rings. The third-order valence-electron chi connectivity index (χ3n) is 4.86. The molecule has 2 aromatic rings. The monoisotopic (exact) mass is 345 g/mol. The first-order valence-corrected chi connectivity index (χ1v) is 9.63. The molecule has 0 aromatic heterocycles. The third-order valence-corrected chi connectivity index (χ3v) is 6.18. The van der Waals surface area contributed by atoms with Gasteiger partial charge in [0.1, 0.15) is 0 Å². The molecule has 3 atom stereocenters. The molecule has 1 aliphatic heterocycles. The van der Waals surface area contributed by atoms with Crippen LogP contribution in [0.3, 0.4) is 0 Å². The highest BCUT2D eigenvalue weighted by Crippen LogP contribution is 2.35. The van der Waals surface area contributed by atoms with Gasteiger partial charge in [0.05, 0.1) is 11.0 Å². The number of hydrogen-bond acceptors (Lipinski definition) is 4. The average Bonchev–Trinajstić information content (AvgIpc) is 2.61. The van der Waals surface area contributed by atoms with Gasteiger partial charge < -0.3 is 4.90 Å². The minimum atomic E-state index is -3.78. The second-order valence-electron chi connectivity index (χ2n) is 6.36. The zero-order valence-corrected chi connectivity index (χ0v) is 14.8. The Hall–Kier alpha value is -1.69. The van der Waals surface area contributed by atoms with Gasteiger partial charge in [0.2, 0.25) is 0 Å². The number of rotatable bonds is 4. The number of likely N-dealkylation sites (tertiary alicyclic amines) is 1. The van der Waals surface area contributed by atoms with Crippen LogP contribution >= 0.6 is 0 Å². The van der Waals surface area contributed by atoms with E-state index in [-0.39, 0.29) is 16.9 Å². The normalized spacial score (nSPS) is 25.5. The average molecular weight is 345 g/mol. The summed E-state index contributed by atoms with van der Waals surface area (Å²) in [6, 6.07) is 18.4. The molecule has 0 saturated carbocycles. The first kappa shape index (κ1) is 17.1. The fourth-order valence-corrected chi connectivity index (χ4v) is 4.48. The van der Waals surface area contributed by atoms with Crippen molar-refractivity contribution in [1.82, 2.24) is 4.90 Å². The molecule has 1 saturated heterocycles. The zero-order valence-electron chi connectivity index (χ0n) is 14.0. The van der Waals surface area contributed by atoms with Crippen molar-refractivity contribution in [2.24, 2.45) is 0 Å². The summed E-state index contributed by atoms with van der Waals surface area (Å²) in [6.07, 6.45) is 0.469. The summed E-state index contributed by atoms with van der Waals surface area (Å²) in [5.74, 6) is 0.0656. The molecule has 128 valence electrons. The SMILES string of the molecule is CC1C(OS(=O)(=O)c2ccccc2)C(c2ccccc2)CCN1C. The van der Waals surface area contributed by atoms with Crippen molar-refractivity contribution in [3.05, 3.63) is 66.2 Å². The van der Waals surface area contributed by atoms with Crippen LogP contribution in [-0.2, 0) is 14.3 Å². The lowest BCUT2D eigenvalue weighted by Gasteiger charge is -2.41. The Morgan fingerprint density at radius 3 is 2.21 bits per heavy atom. The number of likely N-dealkylation sites (N-methyl/N-ethyl adjacent to an activating group) is 1. The van der Waals surface area contributed by atoms with Crippen LogP contribution in [0.25, 0.3) is 0 Å². The highest BCUT2D eigenvalue weighted by atomic mass is 32.2. The number of piperidine rings is 1. The predicted molar refractivity (Wildman–Crippen MR) is 94.4 cm³/mol. The lowest BCUT2D eigenvalue weighted by Crippen LogP contribution is -2.49. The van der Waals surface area contributed by atoms with Crippen LogP contribution in [0.1, 0.15) is 24.8 Å². The van der Waals surface area contributed by atoms with Gasteiger partial charge in [-0.1, -0.05) is 48.5 Å². The largest absolute Gasteiger partial charge is 0.301 e. The maximum absolute atomic E-state index is 12.7. The smallest absolute Gasteiger partial charge is 0.297 e. The summed E-state index contributed by atoms with van der Waals surface area (Å²) in [5.41, 5.74) is 1.13. The van der Waals surface area contributed by atoms with Gasteiger partial charge in [0.15, 0.2) is 0 Å². The van der Waals surface area contributed by atoms with E-state index in [0.717, 1.165) is 18.5 Å². The zero-order chi connectivity index (χ0) is 17.2. The van der Waals surface area contributed by atoms with Gasteiger partial charge in [-0.15, -0.1) is 0 Å². The highest BCUT2D eigenvalue weighted by Gasteiger charge is 2.38. The molecule has 1 fully saturated rings. The molecule has 24 heavy (non-hydrogen) atoms. The van der Waals surface area contributed by atoms with Gasteiger partial charge in [-0.3, -0.25) is 4.18 Å². The van der Waals surface area contributed by atoms with Crippen molar-refractivity contribution in [3.63, 3.8) is 0 Å². The van der Waals surface area contributed by atoms with E-state index in [9.17, 15) is 8.42 Å². The molecule has 0 amide bonds. The highest BCUT2D eigenvalue weighted by molar-refractivity contribution is 7.86. The summed E-state index contributed by atoms with van der Waals surface area (Å²) in [6.45, 7) is 2.95. The molecule has 5 heteroatoms. The van der Waals surface area contributed by atoms with Gasteiger partial charge in [0.25, 0.3) is 10.1 Å². The van der Waals surface area contributed by atoms with Gasteiger partial charge >= 0.3 is 0 Å². The molecular formula is C19H23NO3S. The van der Waals surface area contributed by atoms with E-state index in [2.05, 4.69) is 4.90 Å². The molecule has 0 bridgehead atoms. The van der Waals surface area contributed by atoms with Gasteiger partial charge in [-0.25, -0.2) is 0 Å². The summed E-state index contributed by atoms with van der Waals surface area (Å²) >= 11 is 0. The van der Waals surface area contributed by atoms with E-state index >= 15 is 0 Å². The molecule has 0 aliphatic carbocycles. The van der Waals surface area contributed by atoms with Crippen LogP contribution in [0, 0.1) is 0 Å². The minimum absolute atomic E-state index is 0.0162. The predicted octanol–water partition coefficient (Wildman–Crippen LogP) is 3.27. The summed E-state index contributed by atoms with van der Waals surface area (Å²) < 4.78 is 31.1. The maximum atomic E-state index is 12.7. The summed E-state index contributed by atoms with van der Waals surface area (Å²) in [5, 5.41) is 0. The van der Waals surface area contributed by atoms with E-state index in [4.69, 9.17) is 4.18 Å². The Labute approximate surface area is 144 Å². The summed E-state index contributed by atoms with van der Waals surface area (Å²) in [4.78, 5) is 2.36. The van der Waals surface area contributed by atoms with Crippen LogP contribution < -0.4 is 0 Å².